The molecule has 3 N–H and O–H groups in total. The Morgan fingerprint density at radius 2 is 1.79 bits per heavy atom. The molecule has 0 aliphatic carbocycles. The molecule has 2 unspecified atom stereocenters. The Hall–Kier alpha value is -3.81. The average molecular weight is 524 g/mol. The third-order valence-electron chi connectivity index (χ3n) is 5.84. The van der Waals surface area contributed by atoms with Crippen molar-refractivity contribution in [3.05, 3.63) is 71.8 Å². The lowest BCUT2D eigenvalue weighted by Gasteiger charge is -2.34. The van der Waals surface area contributed by atoms with Gasteiger partial charge in [-0.15, -0.1) is 0 Å². The summed E-state index contributed by atoms with van der Waals surface area (Å²) < 4.78 is 5.43. The lowest BCUT2D eigenvalue weighted by molar-refractivity contribution is -0.142. The molecule has 0 spiro atoms. The molecule has 0 saturated heterocycles. The fourth-order valence-corrected chi connectivity index (χ4v) is 4.00. The van der Waals surface area contributed by atoms with Crippen molar-refractivity contribution in [3.63, 3.8) is 0 Å². The molecule has 0 saturated carbocycles. The number of carbonyl (C=O) groups is 3. The number of hydrogen-bond donors (Lipinski definition) is 3. The monoisotopic (exact) mass is 523 g/mol. The molecule has 0 radical (unpaired) electrons. The third-order valence-corrected chi connectivity index (χ3v) is 5.84. The Labute approximate surface area is 226 Å². The van der Waals surface area contributed by atoms with Gasteiger partial charge in [-0.3, -0.25) is 9.59 Å². The highest BCUT2D eigenvalue weighted by Crippen LogP contribution is 2.25. The summed E-state index contributed by atoms with van der Waals surface area (Å²) in [5.74, 6) is -0.626. The largest absolute Gasteiger partial charge is 0.508 e. The molecule has 2 aromatic rings. The van der Waals surface area contributed by atoms with Gasteiger partial charge in [0, 0.05) is 19.5 Å². The summed E-state index contributed by atoms with van der Waals surface area (Å²) >= 11 is 0. The van der Waals surface area contributed by atoms with E-state index in [4.69, 9.17) is 4.74 Å². The second kappa shape index (κ2) is 14.2. The van der Waals surface area contributed by atoms with Crippen LogP contribution in [0.5, 0.6) is 5.75 Å². The van der Waals surface area contributed by atoms with E-state index < -0.39 is 29.7 Å². The molecule has 0 fully saturated rings. The van der Waals surface area contributed by atoms with Gasteiger partial charge in [-0.05, 0) is 69.0 Å². The number of aromatic hydroxyl groups is 1. The number of nitrogens with zero attached hydrogens (tertiary/aromatic N) is 1. The van der Waals surface area contributed by atoms with Crippen LogP contribution in [-0.4, -0.2) is 52.6 Å². The maximum atomic E-state index is 14.1. The SMILES string of the molecule is C=Cc1cccc(C(C(=O)NCCCC)N(CC)C(=O)C(Cc2ccc(O)cc2)NC(=O)OC(C)(C)C)c1. The molecule has 38 heavy (non-hydrogen) atoms. The van der Waals surface area contributed by atoms with Gasteiger partial charge in [0.1, 0.15) is 23.4 Å². The second-order valence-corrected chi connectivity index (χ2v) is 10.1. The van der Waals surface area contributed by atoms with E-state index in [-0.39, 0.29) is 24.6 Å². The van der Waals surface area contributed by atoms with Gasteiger partial charge in [-0.1, -0.05) is 56.3 Å². The lowest BCUT2D eigenvalue weighted by Crippen LogP contribution is -2.53. The number of benzene rings is 2. The lowest BCUT2D eigenvalue weighted by atomic mass is 9.99. The number of unbranched alkanes of at least 4 members (excludes halogenated alkanes) is 1. The smallest absolute Gasteiger partial charge is 0.408 e. The molecule has 3 amide bonds. The first-order valence-electron chi connectivity index (χ1n) is 13.1. The molecule has 2 rings (SSSR count). The van der Waals surface area contributed by atoms with Crippen molar-refractivity contribution in [1.82, 2.24) is 15.5 Å². The summed E-state index contributed by atoms with van der Waals surface area (Å²) in [7, 11) is 0. The molecule has 8 heteroatoms. The molecule has 0 aromatic heterocycles. The summed E-state index contributed by atoms with van der Waals surface area (Å²) in [5, 5.41) is 15.3. The Kier molecular flexibility index (Phi) is 11.4. The quantitative estimate of drug-likeness (QED) is 0.340. The number of amides is 3. The van der Waals surface area contributed by atoms with Gasteiger partial charge in [0.05, 0.1) is 0 Å². The van der Waals surface area contributed by atoms with Crippen molar-refractivity contribution >= 4 is 24.0 Å². The van der Waals surface area contributed by atoms with Crippen LogP contribution in [0.1, 0.15) is 70.2 Å². The molecule has 2 atom stereocenters. The first-order valence-corrected chi connectivity index (χ1v) is 13.1. The zero-order chi connectivity index (χ0) is 28.3. The molecular weight excluding hydrogens is 482 g/mol. The highest BCUT2D eigenvalue weighted by atomic mass is 16.6. The van der Waals surface area contributed by atoms with Crippen LogP contribution in [0.25, 0.3) is 6.08 Å². The molecule has 0 heterocycles. The van der Waals surface area contributed by atoms with Crippen LogP contribution in [0.15, 0.2) is 55.1 Å². The van der Waals surface area contributed by atoms with Crippen molar-refractivity contribution in [2.24, 2.45) is 0 Å². The number of nitrogens with one attached hydrogen (secondary N) is 2. The van der Waals surface area contributed by atoms with E-state index in [9.17, 15) is 19.5 Å². The number of ether oxygens (including phenoxy) is 1. The number of carbonyl (C=O) groups excluding carboxylic acids is 3. The number of hydrogen-bond acceptors (Lipinski definition) is 5. The summed E-state index contributed by atoms with van der Waals surface area (Å²) in [6.07, 6.45) is 2.83. The zero-order valence-corrected chi connectivity index (χ0v) is 23.1. The van der Waals surface area contributed by atoms with Crippen LogP contribution in [0.2, 0.25) is 0 Å². The second-order valence-electron chi connectivity index (χ2n) is 10.1. The highest BCUT2D eigenvalue weighted by molar-refractivity contribution is 5.92. The van der Waals surface area contributed by atoms with Crippen molar-refractivity contribution in [3.8, 4) is 5.75 Å². The Balaban J connectivity index is 2.47. The Morgan fingerprint density at radius 1 is 1.11 bits per heavy atom. The number of alkyl carbamates (subject to hydrolysis) is 1. The van der Waals surface area contributed by atoms with Crippen LogP contribution < -0.4 is 10.6 Å². The average Bonchev–Trinajstić information content (AvgIpc) is 2.86. The van der Waals surface area contributed by atoms with Gasteiger partial charge in [0.15, 0.2) is 0 Å². The molecule has 0 aliphatic rings. The maximum Gasteiger partial charge on any atom is 0.408 e. The van der Waals surface area contributed by atoms with E-state index in [0.717, 1.165) is 24.0 Å². The first-order chi connectivity index (χ1) is 18.0. The molecule has 206 valence electrons. The zero-order valence-electron chi connectivity index (χ0n) is 23.1. The van der Waals surface area contributed by atoms with Crippen LogP contribution >= 0.6 is 0 Å². The molecule has 0 bridgehead atoms. The van der Waals surface area contributed by atoms with Gasteiger partial charge >= 0.3 is 6.09 Å². The normalized spacial score (nSPS) is 12.7. The van der Waals surface area contributed by atoms with Gasteiger partial charge in [0.25, 0.3) is 0 Å². The standard InChI is InChI=1S/C30H41N3O5/c1-7-10-18-31-27(35)26(23-13-11-12-21(8-2)19-23)33(9-3)28(36)25(32-29(37)38-30(4,5)6)20-22-14-16-24(34)17-15-22/h8,11-17,19,25-26,34H,2,7,9-10,18,20H2,1,3-6H3,(H,31,35)(H,32,37). The van der Waals surface area contributed by atoms with E-state index in [1.807, 2.05) is 31.2 Å². The molecular formula is C30H41N3O5. The van der Waals surface area contributed by atoms with Crippen molar-refractivity contribution < 1.29 is 24.2 Å². The molecule has 8 nitrogen and oxygen atoms in total. The van der Waals surface area contributed by atoms with Gasteiger partial charge in [-0.2, -0.15) is 0 Å². The van der Waals surface area contributed by atoms with E-state index in [1.165, 1.54) is 17.0 Å². The predicted octanol–water partition coefficient (Wildman–Crippen LogP) is 4.98. The summed E-state index contributed by atoms with van der Waals surface area (Å²) in [4.78, 5) is 41.7. The van der Waals surface area contributed by atoms with Gasteiger partial charge in [-0.25, -0.2) is 4.79 Å². The first kappa shape index (κ1) is 30.4. The number of phenolic OH excluding ortho intramolecular Hbond substituents is 1. The highest BCUT2D eigenvalue weighted by Gasteiger charge is 2.35. The van der Waals surface area contributed by atoms with E-state index in [1.54, 1.807) is 45.9 Å². The minimum Gasteiger partial charge on any atom is -0.508 e. The van der Waals surface area contributed by atoms with Crippen LogP contribution in [0.4, 0.5) is 4.79 Å². The predicted molar refractivity (Wildman–Crippen MR) is 150 cm³/mol. The van der Waals surface area contributed by atoms with Crippen LogP contribution in [-0.2, 0) is 20.7 Å². The van der Waals surface area contributed by atoms with E-state index >= 15 is 0 Å². The topological polar surface area (TPSA) is 108 Å². The van der Waals surface area contributed by atoms with Crippen molar-refractivity contribution in [2.45, 2.75) is 71.6 Å². The van der Waals surface area contributed by atoms with Gasteiger partial charge < -0.3 is 25.4 Å². The summed E-state index contributed by atoms with van der Waals surface area (Å²) in [6.45, 7) is 13.6. The minimum atomic E-state index is -1.01. The Bertz CT molecular complexity index is 1090. The fourth-order valence-electron chi connectivity index (χ4n) is 4.00. The summed E-state index contributed by atoms with van der Waals surface area (Å²) in [6, 6.07) is 11.8. The minimum absolute atomic E-state index is 0.0952. The third kappa shape index (κ3) is 9.25. The van der Waals surface area contributed by atoms with E-state index in [0.29, 0.717) is 12.1 Å². The van der Waals surface area contributed by atoms with Crippen molar-refractivity contribution in [1.29, 1.82) is 0 Å². The van der Waals surface area contributed by atoms with E-state index in [2.05, 4.69) is 17.2 Å². The molecule has 2 aromatic carbocycles. The fraction of sp³-hybridized carbons (Fsp3) is 0.433. The molecule has 0 aliphatic heterocycles. The van der Waals surface area contributed by atoms with Gasteiger partial charge in [0.2, 0.25) is 11.8 Å². The Morgan fingerprint density at radius 3 is 2.37 bits per heavy atom. The summed E-state index contributed by atoms with van der Waals surface area (Å²) in [5.41, 5.74) is 1.44. The van der Waals surface area contributed by atoms with Crippen LogP contribution in [0.3, 0.4) is 0 Å². The number of likely N-dealkylation sites (N-methyl/N-ethyl adjacent to an activating group) is 1. The number of rotatable bonds is 12. The number of phenols is 1. The maximum absolute atomic E-state index is 14.1. The van der Waals surface area contributed by atoms with Crippen LogP contribution in [0, 0.1) is 0 Å². The van der Waals surface area contributed by atoms with Crippen molar-refractivity contribution in [2.75, 3.05) is 13.1 Å².